The van der Waals surface area contributed by atoms with Gasteiger partial charge in [0.1, 0.15) is 5.58 Å². The van der Waals surface area contributed by atoms with Gasteiger partial charge in [0.2, 0.25) is 5.71 Å². The SMILES string of the molecule is c1ccc(-c2nc(-c3ccc4ccc5c6ccccc6ccc5c4c3)nc(-c3cccc4oc5ncccc5c34)n2)cc1. The van der Waals surface area contributed by atoms with E-state index in [9.17, 15) is 0 Å². The molecule has 0 fully saturated rings. The van der Waals surface area contributed by atoms with Gasteiger partial charge < -0.3 is 4.42 Å². The van der Waals surface area contributed by atoms with Gasteiger partial charge in [0.15, 0.2) is 17.5 Å². The number of furan rings is 1. The van der Waals surface area contributed by atoms with Crippen LogP contribution in [0.15, 0.2) is 138 Å². The summed E-state index contributed by atoms with van der Waals surface area (Å²) in [5.41, 5.74) is 4.08. The summed E-state index contributed by atoms with van der Waals surface area (Å²) in [5.74, 6) is 1.82. The van der Waals surface area contributed by atoms with E-state index in [0.29, 0.717) is 23.2 Å². The first-order chi connectivity index (χ1) is 21.3. The zero-order valence-corrected chi connectivity index (χ0v) is 22.9. The third-order valence-corrected chi connectivity index (χ3v) is 8.18. The average molecular weight is 551 g/mol. The number of rotatable bonds is 3. The second kappa shape index (κ2) is 9.29. The molecule has 200 valence electrons. The summed E-state index contributed by atoms with van der Waals surface area (Å²) in [6.45, 7) is 0. The molecule has 9 rings (SSSR count). The normalized spacial score (nSPS) is 11.7. The Hall–Kier alpha value is -5.94. The first-order valence-electron chi connectivity index (χ1n) is 14.2. The van der Waals surface area contributed by atoms with Crippen LogP contribution in [0.3, 0.4) is 0 Å². The van der Waals surface area contributed by atoms with Crippen molar-refractivity contribution in [3.63, 3.8) is 0 Å². The summed E-state index contributed by atoms with van der Waals surface area (Å²) in [5, 5.41) is 9.13. The second-order valence-corrected chi connectivity index (χ2v) is 10.7. The molecule has 0 aliphatic heterocycles. The maximum absolute atomic E-state index is 6.08. The topological polar surface area (TPSA) is 64.7 Å². The Labute approximate surface area is 246 Å². The zero-order valence-electron chi connectivity index (χ0n) is 22.9. The van der Waals surface area contributed by atoms with Gasteiger partial charge in [-0.05, 0) is 56.6 Å². The van der Waals surface area contributed by atoms with Crippen LogP contribution in [-0.4, -0.2) is 19.9 Å². The van der Waals surface area contributed by atoms with Crippen LogP contribution in [0, 0.1) is 0 Å². The molecule has 6 aromatic carbocycles. The van der Waals surface area contributed by atoms with Crippen molar-refractivity contribution in [3.05, 3.63) is 134 Å². The van der Waals surface area contributed by atoms with E-state index in [0.717, 1.165) is 38.4 Å². The highest BCUT2D eigenvalue weighted by atomic mass is 16.3. The van der Waals surface area contributed by atoms with Gasteiger partial charge in [0.25, 0.3) is 0 Å². The number of pyridine rings is 1. The van der Waals surface area contributed by atoms with Crippen molar-refractivity contribution in [2.45, 2.75) is 0 Å². The number of nitrogens with zero attached hydrogens (tertiary/aromatic N) is 4. The molecule has 0 saturated carbocycles. The van der Waals surface area contributed by atoms with E-state index in [1.807, 2.05) is 60.7 Å². The monoisotopic (exact) mass is 550 g/mol. The lowest BCUT2D eigenvalue weighted by Gasteiger charge is -2.11. The lowest BCUT2D eigenvalue weighted by molar-refractivity contribution is 0.654. The Bertz CT molecular complexity index is 2520. The minimum absolute atomic E-state index is 0.588. The summed E-state index contributed by atoms with van der Waals surface area (Å²) in [6, 6.07) is 43.8. The summed E-state index contributed by atoms with van der Waals surface area (Å²) < 4.78 is 6.08. The van der Waals surface area contributed by atoms with Crippen molar-refractivity contribution in [1.82, 2.24) is 19.9 Å². The molecule has 0 unspecified atom stereocenters. The quantitative estimate of drug-likeness (QED) is 0.205. The molecule has 0 radical (unpaired) electrons. The number of hydrogen-bond acceptors (Lipinski definition) is 5. The van der Waals surface area contributed by atoms with Gasteiger partial charge in [0.05, 0.1) is 0 Å². The van der Waals surface area contributed by atoms with Crippen LogP contribution in [-0.2, 0) is 0 Å². The largest absolute Gasteiger partial charge is 0.438 e. The molecule has 5 heteroatoms. The average Bonchev–Trinajstić information content (AvgIpc) is 3.47. The van der Waals surface area contributed by atoms with Gasteiger partial charge in [-0.2, -0.15) is 0 Å². The van der Waals surface area contributed by atoms with E-state index >= 15 is 0 Å². The molecule has 5 nitrogen and oxygen atoms in total. The maximum Gasteiger partial charge on any atom is 0.227 e. The standard InChI is InChI=1S/C38H22N4O/c1-2-9-25(10-3-1)35-40-36(42-37(41-35)30-12-6-14-33-34(30)31-13-7-21-39-38(31)43-33)26-16-15-24-18-19-28-27-11-5-4-8-23(27)17-20-29(28)32(24)22-26/h1-22H. The molecule has 43 heavy (non-hydrogen) atoms. The van der Waals surface area contributed by atoms with E-state index in [1.54, 1.807) is 6.20 Å². The van der Waals surface area contributed by atoms with Gasteiger partial charge in [-0.25, -0.2) is 19.9 Å². The third kappa shape index (κ3) is 3.79. The molecular formula is C38H22N4O. The van der Waals surface area contributed by atoms with Gasteiger partial charge >= 0.3 is 0 Å². The van der Waals surface area contributed by atoms with Crippen LogP contribution in [0.2, 0.25) is 0 Å². The molecule has 0 saturated heterocycles. The summed E-state index contributed by atoms with van der Waals surface area (Å²) in [7, 11) is 0. The van der Waals surface area contributed by atoms with E-state index in [-0.39, 0.29) is 0 Å². The van der Waals surface area contributed by atoms with Gasteiger partial charge in [0, 0.05) is 33.7 Å². The van der Waals surface area contributed by atoms with Crippen molar-refractivity contribution in [2.24, 2.45) is 0 Å². The first kappa shape index (κ1) is 23.7. The van der Waals surface area contributed by atoms with E-state index < -0.39 is 0 Å². The molecule has 0 aliphatic rings. The first-order valence-corrected chi connectivity index (χ1v) is 14.2. The van der Waals surface area contributed by atoms with Crippen molar-refractivity contribution >= 4 is 54.4 Å². The number of benzene rings is 6. The van der Waals surface area contributed by atoms with Gasteiger partial charge in [-0.3, -0.25) is 0 Å². The molecule has 0 bridgehead atoms. The smallest absolute Gasteiger partial charge is 0.227 e. The number of aromatic nitrogens is 4. The summed E-state index contributed by atoms with van der Waals surface area (Å²) >= 11 is 0. The fourth-order valence-corrected chi connectivity index (χ4v) is 6.15. The Morgan fingerprint density at radius 3 is 2.02 bits per heavy atom. The fourth-order valence-electron chi connectivity index (χ4n) is 6.15. The van der Waals surface area contributed by atoms with Crippen molar-refractivity contribution in [2.75, 3.05) is 0 Å². The Morgan fingerprint density at radius 1 is 0.442 bits per heavy atom. The fraction of sp³-hybridized carbons (Fsp3) is 0. The van der Waals surface area contributed by atoms with Crippen LogP contribution >= 0.6 is 0 Å². The molecule has 3 heterocycles. The van der Waals surface area contributed by atoms with Crippen molar-refractivity contribution in [1.29, 1.82) is 0 Å². The highest BCUT2D eigenvalue weighted by Gasteiger charge is 2.18. The maximum atomic E-state index is 6.08. The van der Waals surface area contributed by atoms with Crippen molar-refractivity contribution < 1.29 is 4.42 Å². The van der Waals surface area contributed by atoms with E-state index in [4.69, 9.17) is 19.4 Å². The Kier molecular flexibility index (Phi) is 5.13. The van der Waals surface area contributed by atoms with E-state index in [2.05, 4.69) is 71.7 Å². The highest BCUT2D eigenvalue weighted by Crippen LogP contribution is 2.37. The lowest BCUT2D eigenvalue weighted by atomic mass is 9.96. The highest BCUT2D eigenvalue weighted by molar-refractivity contribution is 6.17. The second-order valence-electron chi connectivity index (χ2n) is 10.7. The van der Waals surface area contributed by atoms with Crippen LogP contribution in [0.25, 0.3) is 88.5 Å². The van der Waals surface area contributed by atoms with Gasteiger partial charge in [-0.1, -0.05) is 103 Å². The lowest BCUT2D eigenvalue weighted by Crippen LogP contribution is -2.00. The van der Waals surface area contributed by atoms with Crippen LogP contribution in [0.4, 0.5) is 0 Å². The Morgan fingerprint density at radius 2 is 1.14 bits per heavy atom. The molecule has 9 aromatic rings. The summed E-state index contributed by atoms with van der Waals surface area (Å²) in [6.07, 6.45) is 1.74. The van der Waals surface area contributed by atoms with Crippen LogP contribution in [0.1, 0.15) is 0 Å². The molecule has 0 aliphatic carbocycles. The summed E-state index contributed by atoms with van der Waals surface area (Å²) in [4.78, 5) is 19.5. The molecule has 3 aromatic heterocycles. The Balaban J connectivity index is 1.31. The third-order valence-electron chi connectivity index (χ3n) is 8.18. The molecule has 0 atom stereocenters. The van der Waals surface area contributed by atoms with Gasteiger partial charge in [-0.15, -0.1) is 0 Å². The minimum atomic E-state index is 0.588. The zero-order chi connectivity index (χ0) is 28.3. The van der Waals surface area contributed by atoms with Crippen molar-refractivity contribution in [3.8, 4) is 34.2 Å². The van der Waals surface area contributed by atoms with Crippen LogP contribution in [0.5, 0.6) is 0 Å². The predicted molar refractivity (Wildman–Crippen MR) is 174 cm³/mol. The molecular weight excluding hydrogens is 528 g/mol. The van der Waals surface area contributed by atoms with E-state index in [1.165, 1.54) is 26.9 Å². The number of hydrogen-bond donors (Lipinski definition) is 0. The molecule has 0 amide bonds. The predicted octanol–water partition coefficient (Wildman–Crippen LogP) is 9.63. The minimum Gasteiger partial charge on any atom is -0.438 e. The molecule has 0 spiro atoms. The number of fused-ring (bicyclic) bond motifs is 8. The molecule has 0 N–H and O–H groups in total. The van der Waals surface area contributed by atoms with Crippen LogP contribution < -0.4 is 0 Å².